The molecule has 0 aromatic rings. The highest BCUT2D eigenvalue weighted by Crippen LogP contribution is 2.13. The molecule has 1 saturated heterocycles. The van der Waals surface area contributed by atoms with Crippen LogP contribution in [0.4, 0.5) is 0 Å². The van der Waals surface area contributed by atoms with Crippen molar-refractivity contribution < 1.29 is 37.9 Å². The number of hydrogen-bond acceptors (Lipinski definition) is 4. The van der Waals surface area contributed by atoms with E-state index in [1.54, 1.807) is 0 Å². The van der Waals surface area contributed by atoms with Crippen LogP contribution >= 0.6 is 0 Å². The summed E-state index contributed by atoms with van der Waals surface area (Å²) >= 11 is 0. The van der Waals surface area contributed by atoms with E-state index in [1.165, 1.54) is 0 Å². The highest BCUT2D eigenvalue weighted by Gasteiger charge is 2.35. The summed E-state index contributed by atoms with van der Waals surface area (Å²) in [7, 11) is 15.6. The molecule has 0 unspecified atom stereocenters. The molecule has 0 atom stereocenters. The van der Waals surface area contributed by atoms with Crippen LogP contribution in [0.25, 0.3) is 0 Å². The van der Waals surface area contributed by atoms with Gasteiger partial charge in [-0.25, -0.2) is 0 Å². The first-order valence-electron chi connectivity index (χ1n) is 6.73. The number of nitrogens with zero attached hydrogens (tertiary/aromatic N) is 4. The molecule has 1 aliphatic rings. The molecule has 0 aromatic heterocycles. The smallest absolute Gasteiger partial charge is 0.151 e. The van der Waals surface area contributed by atoms with E-state index in [1.807, 2.05) is 56.4 Å². The summed E-state index contributed by atoms with van der Waals surface area (Å²) in [6.45, 7) is 1.68. The molecule has 1 rings (SSSR count). The molecule has 0 saturated carbocycles. The van der Waals surface area contributed by atoms with Crippen LogP contribution < -0.4 is 0 Å². The minimum absolute atomic E-state index is 0.297. The summed E-state index contributed by atoms with van der Waals surface area (Å²) in [5, 5.41) is 0. The standard InChI is InChI=1S/C12H32N4O4/c1-13(2)9-18-15(5,6)11-20-16(7,8)12-19-14(3,4)10-17-13/h9-12H2,1-8H3/q+4. The van der Waals surface area contributed by atoms with Crippen molar-refractivity contribution in [3.8, 4) is 0 Å². The van der Waals surface area contributed by atoms with Gasteiger partial charge < -0.3 is 0 Å². The maximum atomic E-state index is 5.88. The van der Waals surface area contributed by atoms with E-state index in [2.05, 4.69) is 0 Å². The van der Waals surface area contributed by atoms with Crippen molar-refractivity contribution in [3.63, 3.8) is 0 Å². The van der Waals surface area contributed by atoms with Crippen molar-refractivity contribution in [2.75, 3.05) is 83.3 Å². The van der Waals surface area contributed by atoms with Crippen molar-refractivity contribution in [2.24, 2.45) is 0 Å². The van der Waals surface area contributed by atoms with Gasteiger partial charge >= 0.3 is 0 Å². The van der Waals surface area contributed by atoms with E-state index in [4.69, 9.17) is 19.4 Å². The lowest BCUT2D eigenvalue weighted by Gasteiger charge is -2.37. The summed E-state index contributed by atoms with van der Waals surface area (Å²) in [4.78, 5) is 23.5. The van der Waals surface area contributed by atoms with Crippen LogP contribution in [0.1, 0.15) is 0 Å². The third-order valence-electron chi connectivity index (χ3n) is 2.87. The molecular formula is C12H32N4O4+4. The Kier molecular flexibility index (Phi) is 5.16. The second-order valence-electron chi connectivity index (χ2n) is 7.33. The van der Waals surface area contributed by atoms with E-state index in [0.717, 1.165) is 0 Å². The Bertz CT molecular complexity index is 243. The number of rotatable bonds is 0. The molecule has 8 heteroatoms. The molecule has 1 fully saturated rings. The van der Waals surface area contributed by atoms with Gasteiger partial charge in [-0.05, 0) is 0 Å². The Morgan fingerprint density at radius 2 is 0.550 bits per heavy atom. The zero-order valence-corrected chi connectivity index (χ0v) is 14.3. The zero-order chi connectivity index (χ0) is 15.7. The predicted molar refractivity (Wildman–Crippen MR) is 72.2 cm³/mol. The first-order chi connectivity index (χ1) is 8.83. The minimum Gasteiger partial charge on any atom is -0.151 e. The van der Waals surface area contributed by atoms with Crippen LogP contribution in [0.2, 0.25) is 0 Å². The summed E-state index contributed by atoms with van der Waals surface area (Å²) in [5.41, 5.74) is 0. The van der Waals surface area contributed by atoms with Gasteiger partial charge in [0, 0.05) is 0 Å². The molecule has 20 heavy (non-hydrogen) atoms. The Balaban J connectivity index is 2.81. The molecule has 1 heterocycles. The fourth-order valence-corrected chi connectivity index (χ4v) is 1.33. The van der Waals surface area contributed by atoms with Crippen LogP contribution in [0.15, 0.2) is 0 Å². The fraction of sp³-hybridized carbons (Fsp3) is 1.00. The average molecular weight is 296 g/mol. The third-order valence-corrected chi connectivity index (χ3v) is 2.87. The van der Waals surface area contributed by atoms with Crippen molar-refractivity contribution >= 4 is 0 Å². The molecule has 0 bridgehead atoms. The van der Waals surface area contributed by atoms with Crippen molar-refractivity contribution in [3.05, 3.63) is 0 Å². The third kappa shape index (κ3) is 6.42. The summed E-state index contributed by atoms with van der Waals surface area (Å²) < 4.78 is 1.19. The van der Waals surface area contributed by atoms with Gasteiger partial charge in [0.2, 0.25) is 0 Å². The largest absolute Gasteiger partial charge is 0.264 e. The quantitative estimate of drug-likeness (QED) is 0.583. The number of quaternary nitrogens is 4. The maximum absolute atomic E-state index is 5.88. The lowest BCUT2D eigenvalue weighted by Crippen LogP contribution is -2.57. The molecule has 8 nitrogen and oxygen atoms in total. The number of hydrogen-bond donors (Lipinski definition) is 0. The van der Waals surface area contributed by atoms with Gasteiger partial charge in [0.15, 0.2) is 0 Å². The van der Waals surface area contributed by atoms with E-state index in [-0.39, 0.29) is 0 Å². The zero-order valence-electron chi connectivity index (χ0n) is 14.3. The lowest BCUT2D eigenvalue weighted by molar-refractivity contribution is -1.24. The van der Waals surface area contributed by atoms with Crippen molar-refractivity contribution in [1.82, 2.24) is 0 Å². The lowest BCUT2D eigenvalue weighted by atomic mass is 10.8. The Labute approximate surface area is 122 Å². The molecule has 0 spiro atoms. The van der Waals surface area contributed by atoms with E-state index in [9.17, 15) is 0 Å². The molecule has 0 aromatic carbocycles. The number of hydroxylamine groups is 12. The molecule has 0 amide bonds. The van der Waals surface area contributed by atoms with Crippen LogP contribution in [-0.2, 0) is 19.4 Å². The SMILES string of the molecule is C[N+]1(C)CO[N+](C)(C)CO[N+](C)(C)CO[N+](C)(C)CO1. The van der Waals surface area contributed by atoms with E-state index < -0.39 is 0 Å². The van der Waals surface area contributed by atoms with Gasteiger partial charge in [0.05, 0.1) is 0 Å². The first kappa shape index (κ1) is 17.7. The monoisotopic (exact) mass is 296 g/mol. The topological polar surface area (TPSA) is 36.9 Å². The van der Waals surface area contributed by atoms with Crippen LogP contribution in [0.3, 0.4) is 0 Å². The van der Waals surface area contributed by atoms with Gasteiger partial charge in [-0.3, -0.25) is 0 Å². The summed E-state index contributed by atoms with van der Waals surface area (Å²) in [5.74, 6) is 0. The molecule has 0 aliphatic carbocycles. The van der Waals surface area contributed by atoms with Crippen molar-refractivity contribution in [1.29, 1.82) is 0 Å². The van der Waals surface area contributed by atoms with Gasteiger partial charge in [-0.1, -0.05) is 0 Å². The van der Waals surface area contributed by atoms with Crippen LogP contribution in [0, 0.1) is 0 Å². The molecular weight excluding hydrogens is 264 g/mol. The fourth-order valence-electron chi connectivity index (χ4n) is 1.33. The molecule has 120 valence electrons. The summed E-state index contributed by atoms with van der Waals surface area (Å²) in [6.07, 6.45) is 0. The van der Waals surface area contributed by atoms with Gasteiger partial charge in [0.1, 0.15) is 56.4 Å². The molecule has 0 N–H and O–H groups in total. The average Bonchev–Trinajstić information content (AvgIpc) is 2.30. The Morgan fingerprint density at radius 3 is 0.700 bits per heavy atom. The second-order valence-corrected chi connectivity index (χ2v) is 7.33. The Morgan fingerprint density at radius 1 is 0.400 bits per heavy atom. The van der Waals surface area contributed by atoms with Crippen molar-refractivity contribution in [2.45, 2.75) is 0 Å². The highest BCUT2D eigenvalue weighted by atomic mass is 16.9. The second kappa shape index (κ2) is 5.82. The maximum Gasteiger partial charge on any atom is 0.264 e. The van der Waals surface area contributed by atoms with Gasteiger partial charge in [-0.2, -0.15) is 18.6 Å². The summed E-state index contributed by atoms with van der Waals surface area (Å²) in [6, 6.07) is 0. The van der Waals surface area contributed by atoms with E-state index in [0.29, 0.717) is 45.5 Å². The van der Waals surface area contributed by atoms with Crippen LogP contribution in [-0.4, -0.2) is 102 Å². The molecule has 1 aliphatic heterocycles. The predicted octanol–water partition coefficient (Wildman–Crippen LogP) is -0.138. The van der Waals surface area contributed by atoms with Gasteiger partial charge in [0.25, 0.3) is 26.9 Å². The normalized spacial score (nSPS) is 30.0. The minimum atomic E-state index is 0.297. The Hall–Kier alpha value is -0.320. The highest BCUT2D eigenvalue weighted by molar-refractivity contribution is 4.06. The van der Waals surface area contributed by atoms with Gasteiger partial charge in [-0.15, -0.1) is 19.4 Å². The molecule has 0 radical (unpaired) electrons. The van der Waals surface area contributed by atoms with E-state index >= 15 is 0 Å². The van der Waals surface area contributed by atoms with Crippen LogP contribution in [0.5, 0.6) is 0 Å². The first-order valence-corrected chi connectivity index (χ1v) is 6.73.